The van der Waals surface area contributed by atoms with Crippen molar-refractivity contribution in [1.82, 2.24) is 4.90 Å². The van der Waals surface area contributed by atoms with Gasteiger partial charge in [-0.25, -0.2) is 0 Å². The van der Waals surface area contributed by atoms with Crippen LogP contribution in [0.4, 0.5) is 0 Å². The van der Waals surface area contributed by atoms with E-state index in [1.165, 1.54) is 33.4 Å². The van der Waals surface area contributed by atoms with E-state index in [1.54, 1.807) is 0 Å². The maximum absolute atomic E-state index is 5.72. The summed E-state index contributed by atoms with van der Waals surface area (Å²) in [4.78, 5) is 2.03. The fraction of sp³-hybridized carbons (Fsp3) is 0.231. The molecule has 0 heterocycles. The zero-order chi connectivity index (χ0) is 19.8. The van der Waals surface area contributed by atoms with E-state index in [2.05, 4.69) is 91.9 Å². The Bertz CT molecular complexity index is 881. The SMILES string of the molecule is CC/C(=C(/c1ccccc1)c1ccc(COCN(C)C)cc1)c1ccccc1. The quantitative estimate of drug-likeness (QED) is 0.351. The van der Waals surface area contributed by atoms with Crippen molar-refractivity contribution in [2.45, 2.75) is 20.0 Å². The second-order valence-electron chi connectivity index (χ2n) is 7.19. The molecule has 144 valence electrons. The molecule has 0 fully saturated rings. The Labute approximate surface area is 169 Å². The molecule has 0 saturated carbocycles. The molecule has 0 aromatic heterocycles. The Hall–Kier alpha value is -2.68. The highest BCUT2D eigenvalue weighted by atomic mass is 16.5. The second kappa shape index (κ2) is 10.0. The zero-order valence-corrected chi connectivity index (χ0v) is 17.1. The van der Waals surface area contributed by atoms with Crippen molar-refractivity contribution in [3.8, 4) is 0 Å². The summed E-state index contributed by atoms with van der Waals surface area (Å²) in [5.41, 5.74) is 7.62. The minimum Gasteiger partial charge on any atom is -0.361 e. The second-order valence-corrected chi connectivity index (χ2v) is 7.19. The van der Waals surface area contributed by atoms with Gasteiger partial charge in [0.15, 0.2) is 0 Å². The van der Waals surface area contributed by atoms with Crippen LogP contribution in [0.3, 0.4) is 0 Å². The molecule has 3 aromatic carbocycles. The number of nitrogens with zero attached hydrogens (tertiary/aromatic N) is 1. The van der Waals surface area contributed by atoms with Gasteiger partial charge in [-0.05, 0) is 53.9 Å². The minimum atomic E-state index is 0.627. The highest BCUT2D eigenvalue weighted by molar-refractivity contribution is 5.98. The normalized spacial score (nSPS) is 12.1. The lowest BCUT2D eigenvalue weighted by Gasteiger charge is -2.17. The molecule has 0 N–H and O–H groups in total. The molecule has 3 aromatic rings. The summed E-state index contributed by atoms with van der Waals surface area (Å²) < 4.78 is 5.72. The molecule has 28 heavy (non-hydrogen) atoms. The van der Waals surface area contributed by atoms with Crippen molar-refractivity contribution in [2.24, 2.45) is 0 Å². The lowest BCUT2D eigenvalue weighted by atomic mass is 9.88. The smallest absolute Gasteiger partial charge is 0.0989 e. The van der Waals surface area contributed by atoms with Gasteiger partial charge in [-0.2, -0.15) is 0 Å². The molecule has 0 aliphatic rings. The maximum atomic E-state index is 5.72. The Morgan fingerprint density at radius 3 is 1.79 bits per heavy atom. The van der Waals surface area contributed by atoms with Gasteiger partial charge in [0, 0.05) is 0 Å². The van der Waals surface area contributed by atoms with E-state index in [0.717, 1.165) is 6.42 Å². The fourth-order valence-electron chi connectivity index (χ4n) is 3.40. The molecule has 0 atom stereocenters. The standard InChI is InChI=1S/C26H29NO/c1-4-25(22-11-7-5-8-12-22)26(23-13-9-6-10-14-23)24-17-15-21(16-18-24)19-28-20-27(2)3/h5-18H,4,19-20H2,1-3H3/b26-25+. The molecule has 0 amide bonds. The average molecular weight is 372 g/mol. The third-order valence-electron chi connectivity index (χ3n) is 4.70. The Kier molecular flexibility index (Phi) is 7.18. The molecule has 0 aliphatic heterocycles. The van der Waals surface area contributed by atoms with Crippen molar-refractivity contribution < 1.29 is 4.74 Å². The average Bonchev–Trinajstić information content (AvgIpc) is 2.73. The van der Waals surface area contributed by atoms with E-state index in [4.69, 9.17) is 4.74 Å². The van der Waals surface area contributed by atoms with Crippen LogP contribution in [-0.4, -0.2) is 25.7 Å². The van der Waals surface area contributed by atoms with Gasteiger partial charge < -0.3 is 4.74 Å². The highest BCUT2D eigenvalue weighted by Crippen LogP contribution is 2.34. The molecule has 0 spiro atoms. The molecule has 3 rings (SSSR count). The number of hydrogen-bond acceptors (Lipinski definition) is 2. The lowest BCUT2D eigenvalue weighted by molar-refractivity contribution is 0.0451. The number of benzene rings is 3. The summed E-state index contributed by atoms with van der Waals surface area (Å²) in [5, 5.41) is 0. The Balaban J connectivity index is 2.00. The summed E-state index contributed by atoms with van der Waals surface area (Å²) in [6.45, 7) is 3.49. The van der Waals surface area contributed by atoms with Gasteiger partial charge in [-0.1, -0.05) is 91.9 Å². The van der Waals surface area contributed by atoms with Crippen LogP contribution < -0.4 is 0 Å². The fourth-order valence-corrected chi connectivity index (χ4v) is 3.40. The number of hydrogen-bond donors (Lipinski definition) is 0. The Morgan fingerprint density at radius 1 is 0.714 bits per heavy atom. The van der Waals surface area contributed by atoms with E-state index < -0.39 is 0 Å². The van der Waals surface area contributed by atoms with Crippen LogP contribution in [0.25, 0.3) is 11.1 Å². The zero-order valence-electron chi connectivity index (χ0n) is 17.1. The summed E-state index contributed by atoms with van der Waals surface area (Å²) >= 11 is 0. The van der Waals surface area contributed by atoms with Gasteiger partial charge in [-0.15, -0.1) is 0 Å². The van der Waals surface area contributed by atoms with Crippen molar-refractivity contribution in [2.75, 3.05) is 20.8 Å². The lowest BCUT2D eigenvalue weighted by Crippen LogP contribution is -2.15. The van der Waals surface area contributed by atoms with Crippen LogP contribution >= 0.6 is 0 Å². The van der Waals surface area contributed by atoms with Crippen LogP contribution in [0.1, 0.15) is 35.6 Å². The van der Waals surface area contributed by atoms with E-state index >= 15 is 0 Å². The van der Waals surface area contributed by atoms with Crippen LogP contribution in [-0.2, 0) is 11.3 Å². The van der Waals surface area contributed by atoms with Gasteiger partial charge >= 0.3 is 0 Å². The minimum absolute atomic E-state index is 0.627. The number of allylic oxidation sites excluding steroid dienone is 1. The molecule has 2 nitrogen and oxygen atoms in total. The molecule has 0 unspecified atom stereocenters. The predicted octanol–water partition coefficient (Wildman–Crippen LogP) is 6.09. The summed E-state index contributed by atoms with van der Waals surface area (Å²) in [6, 6.07) is 30.1. The van der Waals surface area contributed by atoms with Crippen LogP contribution in [0.2, 0.25) is 0 Å². The van der Waals surface area contributed by atoms with E-state index in [1.807, 2.05) is 19.0 Å². The first kappa shape index (κ1) is 20.1. The van der Waals surface area contributed by atoms with E-state index in [-0.39, 0.29) is 0 Å². The largest absolute Gasteiger partial charge is 0.361 e. The Morgan fingerprint density at radius 2 is 1.25 bits per heavy atom. The number of rotatable bonds is 8. The molecule has 0 bridgehead atoms. The van der Waals surface area contributed by atoms with Crippen LogP contribution in [0.15, 0.2) is 84.9 Å². The molecule has 2 heteroatoms. The van der Waals surface area contributed by atoms with Crippen molar-refractivity contribution in [3.05, 3.63) is 107 Å². The molecule has 0 saturated heterocycles. The van der Waals surface area contributed by atoms with Gasteiger partial charge in [0.2, 0.25) is 0 Å². The van der Waals surface area contributed by atoms with Gasteiger partial charge in [0.1, 0.15) is 0 Å². The van der Waals surface area contributed by atoms with Crippen LogP contribution in [0.5, 0.6) is 0 Å². The molecular weight excluding hydrogens is 342 g/mol. The van der Waals surface area contributed by atoms with Gasteiger partial charge in [-0.3, -0.25) is 4.90 Å². The van der Waals surface area contributed by atoms with Gasteiger partial charge in [0.25, 0.3) is 0 Å². The topological polar surface area (TPSA) is 12.5 Å². The summed E-state index contributed by atoms with van der Waals surface area (Å²) in [6.07, 6.45) is 0.974. The molecule has 0 radical (unpaired) electrons. The molecule has 0 aliphatic carbocycles. The van der Waals surface area contributed by atoms with Crippen molar-refractivity contribution in [1.29, 1.82) is 0 Å². The third kappa shape index (κ3) is 5.19. The van der Waals surface area contributed by atoms with Gasteiger partial charge in [0.05, 0.1) is 13.3 Å². The first-order valence-electron chi connectivity index (χ1n) is 9.84. The molecular formula is C26H29NO. The van der Waals surface area contributed by atoms with Crippen molar-refractivity contribution in [3.63, 3.8) is 0 Å². The van der Waals surface area contributed by atoms with Crippen molar-refractivity contribution >= 4 is 11.1 Å². The van der Waals surface area contributed by atoms with E-state index in [0.29, 0.717) is 13.3 Å². The predicted molar refractivity (Wildman–Crippen MR) is 119 cm³/mol. The highest BCUT2D eigenvalue weighted by Gasteiger charge is 2.12. The first-order chi connectivity index (χ1) is 13.7. The third-order valence-corrected chi connectivity index (χ3v) is 4.70. The maximum Gasteiger partial charge on any atom is 0.0989 e. The first-order valence-corrected chi connectivity index (χ1v) is 9.84. The number of ether oxygens (including phenoxy) is 1. The van der Waals surface area contributed by atoms with Crippen LogP contribution in [0, 0.1) is 0 Å². The van der Waals surface area contributed by atoms with E-state index in [9.17, 15) is 0 Å². The summed E-state index contributed by atoms with van der Waals surface area (Å²) in [7, 11) is 4.02. The monoisotopic (exact) mass is 371 g/mol. The summed E-state index contributed by atoms with van der Waals surface area (Å²) in [5.74, 6) is 0.